The van der Waals surface area contributed by atoms with E-state index in [0.29, 0.717) is 35.5 Å². The van der Waals surface area contributed by atoms with E-state index in [-0.39, 0.29) is 24.9 Å². The maximum Gasteiger partial charge on any atom is 0.229 e. The summed E-state index contributed by atoms with van der Waals surface area (Å²) in [4.78, 5) is 29.6. The van der Waals surface area contributed by atoms with Crippen molar-refractivity contribution < 1.29 is 28.9 Å². The third kappa shape index (κ3) is 5.24. The van der Waals surface area contributed by atoms with E-state index in [1.54, 1.807) is 26.4 Å². The predicted octanol–water partition coefficient (Wildman–Crippen LogP) is 1.87. The number of amides is 1. The summed E-state index contributed by atoms with van der Waals surface area (Å²) in [6.07, 6.45) is 1.23. The minimum atomic E-state index is -1.25. The number of benzene rings is 1. The van der Waals surface area contributed by atoms with E-state index in [1.165, 1.54) is 16.2 Å². The third-order valence-corrected chi connectivity index (χ3v) is 5.52. The van der Waals surface area contributed by atoms with Crippen LogP contribution in [0.4, 0.5) is 5.13 Å². The number of aliphatic carboxylic acids is 1. The molecule has 0 spiro atoms. The number of hydrogen-bond donors (Lipinski definition) is 0. The molecule has 1 aliphatic heterocycles. The summed E-state index contributed by atoms with van der Waals surface area (Å²) < 4.78 is 16.4. The Morgan fingerprint density at radius 2 is 2.14 bits per heavy atom. The second-order valence-corrected chi connectivity index (χ2v) is 7.43. The maximum absolute atomic E-state index is 12.7. The topological polar surface area (TPSA) is 101 Å². The number of methoxy groups -OCH3 is 2. The van der Waals surface area contributed by atoms with Crippen LogP contribution in [0.15, 0.2) is 23.6 Å². The summed E-state index contributed by atoms with van der Waals surface area (Å²) in [5, 5.41) is 13.1. The number of anilines is 1. The number of carboxylic acid groups (broad SMARTS) is 1. The van der Waals surface area contributed by atoms with E-state index in [4.69, 9.17) is 14.2 Å². The Morgan fingerprint density at radius 1 is 1.31 bits per heavy atom. The van der Waals surface area contributed by atoms with Crippen LogP contribution in [0.1, 0.15) is 25.7 Å². The van der Waals surface area contributed by atoms with Crippen molar-refractivity contribution in [2.75, 3.05) is 32.3 Å². The first-order valence-electron chi connectivity index (χ1n) is 9.31. The van der Waals surface area contributed by atoms with Gasteiger partial charge in [-0.25, -0.2) is 4.98 Å². The van der Waals surface area contributed by atoms with Crippen molar-refractivity contribution in [2.24, 2.45) is 0 Å². The molecule has 9 heteroatoms. The number of carboxylic acids is 1. The second-order valence-electron chi connectivity index (χ2n) is 6.59. The first-order valence-corrected chi connectivity index (χ1v) is 10.2. The molecule has 29 heavy (non-hydrogen) atoms. The number of rotatable bonds is 9. The molecule has 0 aliphatic carbocycles. The number of carbonyl (C=O) groups excluding carboxylic acids is 2. The predicted molar refractivity (Wildman–Crippen MR) is 106 cm³/mol. The van der Waals surface area contributed by atoms with Gasteiger partial charge in [0.05, 0.1) is 32.6 Å². The van der Waals surface area contributed by atoms with E-state index in [0.717, 1.165) is 18.4 Å². The SMILES string of the molecule is COc1ccc(OC)c(-c2csc(N(C[C@@H]3CCCO3)C(=O)CCC(=O)[O-])n2)c1. The van der Waals surface area contributed by atoms with E-state index in [2.05, 4.69) is 4.98 Å². The molecule has 1 amide bonds. The smallest absolute Gasteiger partial charge is 0.229 e. The van der Waals surface area contributed by atoms with E-state index in [9.17, 15) is 14.7 Å². The minimum Gasteiger partial charge on any atom is -0.550 e. The van der Waals surface area contributed by atoms with Crippen LogP contribution >= 0.6 is 11.3 Å². The molecular formula is C20H23N2O6S-. The molecule has 1 aromatic carbocycles. The Labute approximate surface area is 173 Å². The first-order chi connectivity index (χ1) is 14.0. The Kier molecular flexibility index (Phi) is 7.05. The summed E-state index contributed by atoms with van der Waals surface area (Å²) in [5.41, 5.74) is 1.39. The van der Waals surface area contributed by atoms with Gasteiger partial charge in [-0.15, -0.1) is 11.3 Å². The molecule has 0 radical (unpaired) electrons. The van der Waals surface area contributed by atoms with Crippen molar-refractivity contribution >= 4 is 28.3 Å². The average Bonchev–Trinajstić information content (AvgIpc) is 3.41. The third-order valence-electron chi connectivity index (χ3n) is 4.66. The van der Waals surface area contributed by atoms with Gasteiger partial charge in [-0.1, -0.05) is 0 Å². The second kappa shape index (κ2) is 9.71. The molecule has 8 nitrogen and oxygen atoms in total. The lowest BCUT2D eigenvalue weighted by Crippen LogP contribution is -2.38. The van der Waals surface area contributed by atoms with Gasteiger partial charge in [0, 0.05) is 29.9 Å². The van der Waals surface area contributed by atoms with Crippen molar-refractivity contribution in [3.63, 3.8) is 0 Å². The van der Waals surface area contributed by atoms with E-state index < -0.39 is 5.97 Å². The van der Waals surface area contributed by atoms with Gasteiger partial charge in [0.1, 0.15) is 11.5 Å². The van der Waals surface area contributed by atoms with Crippen molar-refractivity contribution in [1.82, 2.24) is 4.98 Å². The molecular weight excluding hydrogens is 396 g/mol. The maximum atomic E-state index is 12.7. The molecule has 0 saturated carbocycles. The van der Waals surface area contributed by atoms with Gasteiger partial charge in [0.25, 0.3) is 0 Å². The minimum absolute atomic E-state index is 0.0828. The standard InChI is InChI=1S/C20H24N2O6S/c1-26-13-5-6-17(27-2)15(10-13)16-12-29-20(21-16)22(11-14-4-3-9-28-14)18(23)7-8-19(24)25/h5-6,10,12,14H,3-4,7-9,11H2,1-2H3,(H,24,25)/p-1/t14-/m0/s1. The Bertz CT molecular complexity index is 862. The highest BCUT2D eigenvalue weighted by atomic mass is 32.1. The van der Waals surface area contributed by atoms with Gasteiger partial charge >= 0.3 is 0 Å². The summed E-state index contributed by atoms with van der Waals surface area (Å²) in [6.45, 7) is 1.00. The van der Waals surface area contributed by atoms with Crippen molar-refractivity contribution in [3.8, 4) is 22.8 Å². The molecule has 2 heterocycles. The number of thiazole rings is 1. The number of hydrogen-bond acceptors (Lipinski definition) is 8. The van der Waals surface area contributed by atoms with Gasteiger partial charge in [-0.3, -0.25) is 9.69 Å². The van der Waals surface area contributed by atoms with Crippen LogP contribution in [0.3, 0.4) is 0 Å². The van der Waals surface area contributed by atoms with Crippen LogP contribution in [-0.4, -0.2) is 50.3 Å². The quantitative estimate of drug-likeness (QED) is 0.611. The van der Waals surface area contributed by atoms with Crippen LogP contribution in [-0.2, 0) is 14.3 Å². The van der Waals surface area contributed by atoms with E-state index >= 15 is 0 Å². The fourth-order valence-electron chi connectivity index (χ4n) is 3.15. The van der Waals surface area contributed by atoms with Gasteiger partial charge in [0.2, 0.25) is 5.91 Å². The monoisotopic (exact) mass is 419 g/mol. The zero-order valence-electron chi connectivity index (χ0n) is 16.4. The van der Waals surface area contributed by atoms with Crippen LogP contribution in [0.5, 0.6) is 11.5 Å². The highest BCUT2D eigenvalue weighted by Gasteiger charge is 2.26. The van der Waals surface area contributed by atoms with Crippen LogP contribution in [0, 0.1) is 0 Å². The van der Waals surface area contributed by atoms with Crippen LogP contribution in [0.2, 0.25) is 0 Å². The van der Waals surface area contributed by atoms with Crippen molar-refractivity contribution in [2.45, 2.75) is 31.8 Å². The molecule has 1 atom stereocenters. The highest BCUT2D eigenvalue weighted by molar-refractivity contribution is 7.14. The number of ether oxygens (including phenoxy) is 3. The van der Waals surface area contributed by atoms with Crippen LogP contribution in [0.25, 0.3) is 11.3 Å². The Morgan fingerprint density at radius 3 is 2.79 bits per heavy atom. The Balaban J connectivity index is 1.88. The lowest BCUT2D eigenvalue weighted by Gasteiger charge is -2.23. The highest BCUT2D eigenvalue weighted by Crippen LogP contribution is 2.36. The summed E-state index contributed by atoms with van der Waals surface area (Å²) in [5.74, 6) is -0.271. The van der Waals surface area contributed by atoms with Gasteiger partial charge in [-0.2, -0.15) is 0 Å². The molecule has 1 aliphatic rings. The van der Waals surface area contributed by atoms with Gasteiger partial charge in [0.15, 0.2) is 5.13 Å². The van der Waals surface area contributed by atoms with E-state index in [1.807, 2.05) is 11.4 Å². The molecule has 0 bridgehead atoms. The molecule has 1 aromatic heterocycles. The molecule has 156 valence electrons. The Hall–Kier alpha value is -2.65. The van der Waals surface area contributed by atoms with Gasteiger partial charge < -0.3 is 24.1 Å². The summed E-state index contributed by atoms with van der Waals surface area (Å²) in [6, 6.07) is 5.41. The lowest BCUT2D eigenvalue weighted by molar-refractivity contribution is -0.305. The molecule has 1 fully saturated rings. The summed E-state index contributed by atoms with van der Waals surface area (Å²) >= 11 is 1.31. The normalized spacial score (nSPS) is 15.9. The molecule has 0 N–H and O–H groups in total. The zero-order valence-corrected chi connectivity index (χ0v) is 17.2. The number of carbonyl (C=O) groups is 2. The van der Waals surface area contributed by atoms with Crippen molar-refractivity contribution in [3.05, 3.63) is 23.6 Å². The molecule has 1 saturated heterocycles. The fraction of sp³-hybridized carbons (Fsp3) is 0.450. The molecule has 3 rings (SSSR count). The lowest BCUT2D eigenvalue weighted by atomic mass is 10.1. The molecule has 2 aromatic rings. The van der Waals surface area contributed by atoms with Crippen LogP contribution < -0.4 is 19.5 Å². The molecule has 0 unspecified atom stereocenters. The van der Waals surface area contributed by atoms with Gasteiger partial charge in [-0.05, 0) is 37.5 Å². The van der Waals surface area contributed by atoms with Crippen molar-refractivity contribution in [1.29, 1.82) is 0 Å². The number of nitrogens with zero attached hydrogens (tertiary/aromatic N) is 2. The first kappa shape index (κ1) is 21.1. The summed E-state index contributed by atoms with van der Waals surface area (Å²) in [7, 11) is 3.16. The largest absolute Gasteiger partial charge is 0.550 e. The zero-order chi connectivity index (χ0) is 20.8. The average molecular weight is 419 g/mol. The number of aromatic nitrogens is 1. The fourth-order valence-corrected chi connectivity index (χ4v) is 4.00.